The Balaban J connectivity index is 2.55. The van der Waals surface area contributed by atoms with Gasteiger partial charge in [-0.25, -0.2) is 0 Å². The Bertz CT molecular complexity index is 588. The van der Waals surface area contributed by atoms with Gasteiger partial charge in [-0.15, -0.1) is 0 Å². The molecule has 0 aliphatic rings. The molecular formula is C16H15ClO2. The maximum absolute atomic E-state index is 12.1. The second kappa shape index (κ2) is 5.89. The highest BCUT2D eigenvalue weighted by molar-refractivity contribution is 6.30. The van der Waals surface area contributed by atoms with Crippen molar-refractivity contribution in [3.05, 3.63) is 53.1 Å². The summed E-state index contributed by atoms with van der Waals surface area (Å²) < 4.78 is 5.19. The Hall–Kier alpha value is -1.80. The first-order valence-corrected chi connectivity index (χ1v) is 6.50. The molecule has 2 aromatic carbocycles. The monoisotopic (exact) mass is 274 g/mol. The van der Waals surface area contributed by atoms with E-state index in [4.69, 9.17) is 16.3 Å². The molecule has 0 aliphatic heterocycles. The van der Waals surface area contributed by atoms with Crippen LogP contribution in [0.4, 0.5) is 0 Å². The summed E-state index contributed by atoms with van der Waals surface area (Å²) in [4.78, 5) is 12.1. The lowest BCUT2D eigenvalue weighted by Gasteiger charge is -2.10. The van der Waals surface area contributed by atoms with Crippen molar-refractivity contribution in [3.63, 3.8) is 0 Å². The summed E-state index contributed by atoms with van der Waals surface area (Å²) in [5, 5.41) is 0.681. The molecule has 0 N–H and O–H groups in total. The molecule has 0 atom stereocenters. The molecular weight excluding hydrogens is 260 g/mol. The Labute approximate surface area is 118 Å². The van der Waals surface area contributed by atoms with E-state index in [9.17, 15) is 4.79 Å². The minimum Gasteiger partial charge on any atom is -0.497 e. The van der Waals surface area contributed by atoms with E-state index >= 15 is 0 Å². The molecule has 0 heterocycles. The summed E-state index contributed by atoms with van der Waals surface area (Å²) in [7, 11) is 1.59. The number of ether oxygens (including phenoxy) is 1. The van der Waals surface area contributed by atoms with Gasteiger partial charge >= 0.3 is 0 Å². The number of hydrogen-bond donors (Lipinski definition) is 0. The van der Waals surface area contributed by atoms with Crippen molar-refractivity contribution in [3.8, 4) is 16.9 Å². The largest absolute Gasteiger partial charge is 0.497 e. The molecule has 0 unspecified atom stereocenters. The fraction of sp³-hybridized carbons (Fsp3) is 0.188. The van der Waals surface area contributed by atoms with E-state index < -0.39 is 0 Å². The zero-order chi connectivity index (χ0) is 13.8. The van der Waals surface area contributed by atoms with Gasteiger partial charge in [0, 0.05) is 17.0 Å². The molecule has 19 heavy (non-hydrogen) atoms. The lowest BCUT2D eigenvalue weighted by molar-refractivity contribution is 0.0988. The molecule has 2 rings (SSSR count). The molecule has 0 aromatic heterocycles. The average Bonchev–Trinajstić information content (AvgIpc) is 2.46. The maximum atomic E-state index is 12.1. The first-order valence-electron chi connectivity index (χ1n) is 6.13. The number of hydrogen-bond acceptors (Lipinski definition) is 2. The van der Waals surface area contributed by atoms with Gasteiger partial charge in [0.25, 0.3) is 0 Å². The molecule has 3 heteroatoms. The van der Waals surface area contributed by atoms with E-state index in [1.807, 2.05) is 43.3 Å². The predicted molar refractivity (Wildman–Crippen MR) is 78.1 cm³/mol. The number of carbonyl (C=O) groups is 1. The fourth-order valence-corrected chi connectivity index (χ4v) is 2.08. The summed E-state index contributed by atoms with van der Waals surface area (Å²) in [6.45, 7) is 1.85. The highest BCUT2D eigenvalue weighted by atomic mass is 35.5. The van der Waals surface area contributed by atoms with E-state index in [1.54, 1.807) is 13.2 Å². The van der Waals surface area contributed by atoms with E-state index in [1.165, 1.54) is 0 Å². The van der Waals surface area contributed by atoms with Gasteiger partial charge in [-0.3, -0.25) is 4.79 Å². The highest BCUT2D eigenvalue weighted by Crippen LogP contribution is 2.29. The van der Waals surface area contributed by atoms with Crippen LogP contribution in [0.2, 0.25) is 5.02 Å². The smallest absolute Gasteiger partial charge is 0.163 e. The van der Waals surface area contributed by atoms with Gasteiger partial charge in [0.05, 0.1) is 7.11 Å². The third-order valence-corrected chi connectivity index (χ3v) is 3.26. The van der Waals surface area contributed by atoms with Crippen LogP contribution < -0.4 is 4.74 Å². The lowest BCUT2D eigenvalue weighted by atomic mass is 9.96. The summed E-state index contributed by atoms with van der Waals surface area (Å²) in [5.74, 6) is 0.790. The van der Waals surface area contributed by atoms with E-state index in [2.05, 4.69) is 0 Å². The molecule has 0 bridgehead atoms. The van der Waals surface area contributed by atoms with Crippen LogP contribution in [0.15, 0.2) is 42.5 Å². The Kier molecular flexibility index (Phi) is 4.23. The van der Waals surface area contributed by atoms with Crippen LogP contribution in [0.25, 0.3) is 11.1 Å². The van der Waals surface area contributed by atoms with Crippen molar-refractivity contribution >= 4 is 17.4 Å². The average molecular weight is 275 g/mol. The van der Waals surface area contributed by atoms with E-state index in [-0.39, 0.29) is 5.78 Å². The summed E-state index contributed by atoms with van der Waals surface area (Å²) in [5.41, 5.74) is 2.57. The van der Waals surface area contributed by atoms with Gasteiger partial charge in [-0.05, 0) is 41.5 Å². The molecule has 0 saturated heterocycles. The normalized spacial score (nSPS) is 10.3. The van der Waals surface area contributed by atoms with Crippen molar-refractivity contribution in [2.24, 2.45) is 0 Å². The summed E-state index contributed by atoms with van der Waals surface area (Å²) >= 11 is 5.89. The number of halogens is 1. The van der Waals surface area contributed by atoms with Crippen molar-refractivity contribution < 1.29 is 9.53 Å². The first-order chi connectivity index (χ1) is 9.15. The number of ketones is 1. The highest BCUT2D eigenvalue weighted by Gasteiger charge is 2.12. The van der Waals surface area contributed by atoms with Crippen LogP contribution in [0, 0.1) is 0 Å². The van der Waals surface area contributed by atoms with Gasteiger partial charge in [-0.1, -0.05) is 30.7 Å². The SMILES string of the molecule is CCC(=O)c1cc(OC)ccc1-c1ccc(Cl)cc1. The molecule has 0 spiro atoms. The molecule has 0 fully saturated rings. The van der Waals surface area contributed by atoms with E-state index in [0.717, 1.165) is 11.1 Å². The molecule has 2 nitrogen and oxygen atoms in total. The van der Waals surface area contributed by atoms with Crippen LogP contribution in [-0.4, -0.2) is 12.9 Å². The second-order valence-electron chi connectivity index (χ2n) is 4.20. The molecule has 0 aliphatic carbocycles. The topological polar surface area (TPSA) is 26.3 Å². The quantitative estimate of drug-likeness (QED) is 0.761. The zero-order valence-corrected chi connectivity index (χ0v) is 11.7. The lowest BCUT2D eigenvalue weighted by Crippen LogP contribution is -2.00. The maximum Gasteiger partial charge on any atom is 0.163 e. The number of carbonyl (C=O) groups excluding carboxylic acids is 1. The van der Waals surface area contributed by atoms with Crippen LogP contribution >= 0.6 is 11.6 Å². The van der Waals surface area contributed by atoms with Crippen LogP contribution in [0.1, 0.15) is 23.7 Å². The van der Waals surface area contributed by atoms with E-state index in [0.29, 0.717) is 22.8 Å². The van der Waals surface area contributed by atoms with Crippen molar-refractivity contribution in [2.75, 3.05) is 7.11 Å². The zero-order valence-electron chi connectivity index (χ0n) is 10.9. The molecule has 2 aromatic rings. The summed E-state index contributed by atoms with van der Waals surface area (Å²) in [6, 6.07) is 13.0. The molecule has 98 valence electrons. The van der Waals surface area contributed by atoms with Gasteiger partial charge < -0.3 is 4.74 Å². The Morgan fingerprint density at radius 2 is 1.84 bits per heavy atom. The van der Waals surface area contributed by atoms with Gasteiger partial charge in [0.15, 0.2) is 5.78 Å². The van der Waals surface area contributed by atoms with Crippen LogP contribution in [0.5, 0.6) is 5.75 Å². The third-order valence-electron chi connectivity index (χ3n) is 3.00. The second-order valence-corrected chi connectivity index (χ2v) is 4.63. The summed E-state index contributed by atoms with van der Waals surface area (Å²) in [6.07, 6.45) is 0.466. The number of Topliss-reactive ketones (excluding diaryl/α,β-unsaturated/α-hetero) is 1. The van der Waals surface area contributed by atoms with Gasteiger partial charge in [0.1, 0.15) is 5.75 Å². The molecule has 0 saturated carbocycles. The Morgan fingerprint density at radius 3 is 2.42 bits per heavy atom. The van der Waals surface area contributed by atoms with Crippen molar-refractivity contribution in [1.82, 2.24) is 0 Å². The third kappa shape index (κ3) is 2.96. The predicted octanol–water partition coefficient (Wildman–Crippen LogP) is 4.61. The fourth-order valence-electron chi connectivity index (χ4n) is 1.95. The van der Waals surface area contributed by atoms with Crippen molar-refractivity contribution in [1.29, 1.82) is 0 Å². The van der Waals surface area contributed by atoms with Gasteiger partial charge in [0.2, 0.25) is 0 Å². The van der Waals surface area contributed by atoms with Crippen molar-refractivity contribution in [2.45, 2.75) is 13.3 Å². The number of rotatable bonds is 4. The van der Waals surface area contributed by atoms with Gasteiger partial charge in [-0.2, -0.15) is 0 Å². The molecule has 0 radical (unpaired) electrons. The Morgan fingerprint density at radius 1 is 1.16 bits per heavy atom. The van der Waals surface area contributed by atoms with Crippen LogP contribution in [0.3, 0.4) is 0 Å². The molecule has 0 amide bonds. The van der Waals surface area contributed by atoms with Crippen LogP contribution in [-0.2, 0) is 0 Å². The number of methoxy groups -OCH3 is 1. The minimum atomic E-state index is 0.101. The minimum absolute atomic E-state index is 0.101. The number of benzene rings is 2. The standard InChI is InChI=1S/C16H15ClO2/c1-3-16(18)15-10-13(19-2)8-9-14(15)11-4-6-12(17)7-5-11/h4-10H,3H2,1-2H3. The first kappa shape index (κ1) is 13.6.